The van der Waals surface area contributed by atoms with Crippen molar-refractivity contribution in [3.8, 4) is 6.07 Å². The first kappa shape index (κ1) is 15.5. The predicted octanol–water partition coefficient (Wildman–Crippen LogP) is 1.84. The van der Waals surface area contributed by atoms with Crippen LogP contribution >= 0.6 is 11.8 Å². The number of nitrogens with zero attached hydrogens (tertiary/aromatic N) is 5. The maximum atomic E-state index is 8.90. The molecule has 21 heavy (non-hydrogen) atoms. The summed E-state index contributed by atoms with van der Waals surface area (Å²) in [6.07, 6.45) is 0. The van der Waals surface area contributed by atoms with E-state index in [2.05, 4.69) is 40.8 Å². The summed E-state index contributed by atoms with van der Waals surface area (Å²) in [6.45, 7) is 5.79. The summed E-state index contributed by atoms with van der Waals surface area (Å²) < 4.78 is 1.80. The Morgan fingerprint density at radius 2 is 2.29 bits per heavy atom. The molecule has 0 aliphatic rings. The average Bonchev–Trinajstić information content (AvgIpc) is 2.92. The van der Waals surface area contributed by atoms with Crippen molar-refractivity contribution in [3.63, 3.8) is 0 Å². The molecule has 1 aromatic carbocycles. The highest BCUT2D eigenvalue weighted by atomic mass is 32.2. The Kier molecular flexibility index (Phi) is 5.72. The van der Waals surface area contributed by atoms with E-state index in [9.17, 15) is 0 Å². The van der Waals surface area contributed by atoms with Crippen LogP contribution in [0.4, 0.5) is 0 Å². The van der Waals surface area contributed by atoms with Crippen molar-refractivity contribution >= 4 is 11.8 Å². The minimum Gasteiger partial charge on any atom is -0.313 e. The minimum atomic E-state index is 0.450. The maximum Gasteiger partial charge on any atom is 0.209 e. The van der Waals surface area contributed by atoms with Crippen LogP contribution in [-0.4, -0.2) is 32.8 Å². The van der Waals surface area contributed by atoms with Crippen molar-refractivity contribution in [2.24, 2.45) is 0 Å². The quantitative estimate of drug-likeness (QED) is 0.786. The van der Waals surface area contributed by atoms with Gasteiger partial charge in [-0.25, -0.2) is 4.68 Å². The molecule has 2 aromatic rings. The molecule has 0 aliphatic carbocycles. The van der Waals surface area contributed by atoms with Crippen LogP contribution in [0.5, 0.6) is 0 Å². The molecule has 0 unspecified atom stereocenters. The van der Waals surface area contributed by atoms with Crippen LogP contribution in [0.25, 0.3) is 0 Å². The molecule has 7 heteroatoms. The molecular weight excluding hydrogens is 284 g/mol. The number of nitriles is 1. The van der Waals surface area contributed by atoms with E-state index in [-0.39, 0.29) is 0 Å². The number of aromatic nitrogens is 4. The third-order valence-electron chi connectivity index (χ3n) is 2.80. The molecular formula is C14H18N6S. The smallest absolute Gasteiger partial charge is 0.209 e. The number of hydrogen-bond donors (Lipinski definition) is 1. The van der Waals surface area contributed by atoms with Crippen molar-refractivity contribution in [2.75, 3.05) is 6.54 Å². The normalized spacial score (nSPS) is 10.8. The highest BCUT2D eigenvalue weighted by molar-refractivity contribution is 7.98. The first-order valence-electron chi connectivity index (χ1n) is 6.80. The van der Waals surface area contributed by atoms with E-state index in [4.69, 9.17) is 5.26 Å². The lowest BCUT2D eigenvalue weighted by atomic mass is 10.2. The van der Waals surface area contributed by atoms with E-state index in [0.717, 1.165) is 29.6 Å². The van der Waals surface area contributed by atoms with Crippen LogP contribution in [0.3, 0.4) is 0 Å². The van der Waals surface area contributed by atoms with E-state index in [0.29, 0.717) is 11.6 Å². The van der Waals surface area contributed by atoms with Gasteiger partial charge in [0.1, 0.15) is 0 Å². The first-order valence-corrected chi connectivity index (χ1v) is 7.79. The van der Waals surface area contributed by atoms with Gasteiger partial charge in [-0.05, 0) is 28.1 Å². The highest BCUT2D eigenvalue weighted by Gasteiger charge is 2.07. The van der Waals surface area contributed by atoms with E-state index in [1.165, 1.54) is 0 Å². The van der Waals surface area contributed by atoms with Crippen LogP contribution in [0.15, 0.2) is 29.4 Å². The summed E-state index contributed by atoms with van der Waals surface area (Å²) in [6, 6.07) is 10.2. The summed E-state index contributed by atoms with van der Waals surface area (Å²) in [5.74, 6) is 0.744. The van der Waals surface area contributed by atoms with Crippen LogP contribution in [0.2, 0.25) is 0 Å². The number of nitrogens with one attached hydrogen (secondary N) is 1. The lowest BCUT2D eigenvalue weighted by molar-refractivity contribution is 0.485. The van der Waals surface area contributed by atoms with Gasteiger partial charge < -0.3 is 5.32 Å². The van der Waals surface area contributed by atoms with Crippen molar-refractivity contribution < 1.29 is 0 Å². The van der Waals surface area contributed by atoms with Crippen molar-refractivity contribution in [1.82, 2.24) is 25.5 Å². The van der Waals surface area contributed by atoms with Gasteiger partial charge in [-0.1, -0.05) is 37.7 Å². The van der Waals surface area contributed by atoms with Gasteiger partial charge in [0.2, 0.25) is 5.16 Å². The number of tetrazole rings is 1. The number of thioether (sulfide) groups is 1. The number of benzene rings is 1. The molecule has 6 nitrogen and oxygen atoms in total. The molecule has 1 N–H and O–H groups in total. The summed E-state index contributed by atoms with van der Waals surface area (Å²) in [5, 5.41) is 24.8. The van der Waals surface area contributed by atoms with Gasteiger partial charge in [-0.3, -0.25) is 0 Å². The predicted molar refractivity (Wildman–Crippen MR) is 81.7 cm³/mol. The van der Waals surface area contributed by atoms with E-state index in [1.54, 1.807) is 22.5 Å². The Morgan fingerprint density at radius 3 is 3.05 bits per heavy atom. The van der Waals surface area contributed by atoms with Gasteiger partial charge in [0, 0.05) is 18.3 Å². The second-order valence-electron chi connectivity index (χ2n) is 4.89. The lowest BCUT2D eigenvalue weighted by Gasteiger charge is -2.08. The van der Waals surface area contributed by atoms with Crippen molar-refractivity contribution in [1.29, 1.82) is 5.26 Å². The van der Waals surface area contributed by atoms with Gasteiger partial charge in [0.15, 0.2) is 0 Å². The summed E-state index contributed by atoms with van der Waals surface area (Å²) in [4.78, 5) is 0. The Bertz CT molecular complexity index is 616. The largest absolute Gasteiger partial charge is 0.313 e. The van der Waals surface area contributed by atoms with Gasteiger partial charge in [0.05, 0.1) is 18.2 Å². The van der Waals surface area contributed by atoms with E-state index in [1.807, 2.05) is 18.2 Å². The molecule has 1 aromatic heterocycles. The second kappa shape index (κ2) is 7.76. The van der Waals surface area contributed by atoms with Crippen LogP contribution in [0.1, 0.15) is 25.0 Å². The standard InChI is InChI=1S/C14H18N6S/c1-11(2)16-6-7-20-14(17-18-19-20)21-10-13-5-3-4-12(8-13)9-15/h3-5,8,11,16H,6-7,10H2,1-2H3. The zero-order valence-corrected chi connectivity index (χ0v) is 13.0. The molecule has 0 fully saturated rings. The third kappa shape index (κ3) is 4.85. The fraction of sp³-hybridized carbons (Fsp3) is 0.429. The van der Waals surface area contributed by atoms with Gasteiger partial charge in [0.25, 0.3) is 0 Å². The minimum absolute atomic E-state index is 0.450. The highest BCUT2D eigenvalue weighted by Crippen LogP contribution is 2.20. The first-order chi connectivity index (χ1) is 10.2. The Morgan fingerprint density at radius 1 is 1.43 bits per heavy atom. The Balaban J connectivity index is 1.91. The zero-order valence-electron chi connectivity index (χ0n) is 12.2. The third-order valence-corrected chi connectivity index (χ3v) is 3.83. The Labute approximate surface area is 128 Å². The van der Waals surface area contributed by atoms with Crippen molar-refractivity contribution in [3.05, 3.63) is 35.4 Å². The zero-order chi connectivity index (χ0) is 15.1. The molecule has 110 valence electrons. The second-order valence-corrected chi connectivity index (χ2v) is 5.84. The monoisotopic (exact) mass is 302 g/mol. The van der Waals surface area contributed by atoms with Crippen LogP contribution < -0.4 is 5.32 Å². The van der Waals surface area contributed by atoms with E-state index < -0.39 is 0 Å². The molecule has 0 bridgehead atoms. The molecule has 0 aliphatic heterocycles. The van der Waals surface area contributed by atoms with Gasteiger partial charge in [-0.2, -0.15) is 5.26 Å². The average molecular weight is 302 g/mol. The molecule has 0 saturated heterocycles. The number of hydrogen-bond acceptors (Lipinski definition) is 6. The molecule has 0 spiro atoms. The SMILES string of the molecule is CC(C)NCCn1nnnc1SCc1cccc(C#N)c1. The van der Waals surface area contributed by atoms with Crippen LogP contribution in [-0.2, 0) is 12.3 Å². The Hall–Kier alpha value is -1.91. The molecule has 0 radical (unpaired) electrons. The summed E-state index contributed by atoms with van der Waals surface area (Å²) >= 11 is 1.57. The van der Waals surface area contributed by atoms with Crippen LogP contribution in [0, 0.1) is 11.3 Å². The fourth-order valence-corrected chi connectivity index (χ4v) is 2.62. The summed E-state index contributed by atoms with van der Waals surface area (Å²) in [5.41, 5.74) is 1.77. The molecule has 0 saturated carbocycles. The molecule has 0 atom stereocenters. The lowest BCUT2D eigenvalue weighted by Crippen LogP contribution is -2.27. The van der Waals surface area contributed by atoms with Gasteiger partial charge in [-0.15, -0.1) is 5.10 Å². The molecule has 0 amide bonds. The molecule has 2 rings (SSSR count). The van der Waals surface area contributed by atoms with E-state index >= 15 is 0 Å². The topological polar surface area (TPSA) is 79.4 Å². The maximum absolute atomic E-state index is 8.90. The summed E-state index contributed by atoms with van der Waals surface area (Å²) in [7, 11) is 0. The number of rotatable bonds is 7. The molecule has 1 heterocycles. The van der Waals surface area contributed by atoms with Crippen molar-refractivity contribution in [2.45, 2.75) is 37.3 Å². The van der Waals surface area contributed by atoms with Gasteiger partial charge >= 0.3 is 0 Å². The fourth-order valence-electron chi connectivity index (χ4n) is 1.78.